The number of ether oxygens (including phenoxy) is 1. The number of para-hydroxylation sites is 3. The molecule has 1 aromatic heterocycles. The van der Waals surface area contributed by atoms with Crippen molar-refractivity contribution < 1.29 is 4.74 Å². The molecule has 2 heterocycles. The highest BCUT2D eigenvalue weighted by atomic mass is 127. The van der Waals surface area contributed by atoms with Gasteiger partial charge < -0.3 is 4.74 Å². The lowest BCUT2D eigenvalue weighted by atomic mass is 9.99. The monoisotopic (exact) mass is 616 g/mol. The van der Waals surface area contributed by atoms with Crippen molar-refractivity contribution in [1.82, 2.24) is 9.97 Å². The van der Waals surface area contributed by atoms with Gasteiger partial charge in [0.05, 0.1) is 22.4 Å². The van der Waals surface area contributed by atoms with Crippen molar-refractivity contribution in [1.29, 1.82) is 0 Å². The van der Waals surface area contributed by atoms with Crippen LogP contribution >= 0.6 is 18.9 Å². The van der Waals surface area contributed by atoms with Gasteiger partial charge in [0.25, 0.3) is 0 Å². The summed E-state index contributed by atoms with van der Waals surface area (Å²) in [5.74, 6) is 0.967. The Bertz CT molecular complexity index is 1930. The summed E-state index contributed by atoms with van der Waals surface area (Å²) in [6, 6.07) is 42.1. The first-order valence-electron chi connectivity index (χ1n) is 12.8. The molecule has 7 rings (SSSR count). The Morgan fingerprint density at radius 3 is 1.56 bits per heavy atom. The Balaban J connectivity index is 1.23. The molecule has 6 aromatic rings. The maximum atomic E-state index is 6.21. The van der Waals surface area contributed by atoms with Crippen molar-refractivity contribution in [3.8, 4) is 39.4 Å². The van der Waals surface area contributed by atoms with E-state index in [1.165, 1.54) is 9.13 Å². The fourth-order valence-electron chi connectivity index (χ4n) is 4.87. The molecule has 3 nitrogen and oxygen atoms in total. The molecule has 188 valence electrons. The molecule has 0 radical (unpaired) electrons. The molecular formula is C35H25IN2O. The van der Waals surface area contributed by atoms with E-state index in [-0.39, 0.29) is 0 Å². The molecule has 0 fully saturated rings. The molecule has 5 aromatic carbocycles. The quantitative estimate of drug-likeness (QED) is 0.186. The molecule has 0 aliphatic carbocycles. The number of rotatable bonds is 4. The minimum absolute atomic E-state index is 0.890. The van der Waals surface area contributed by atoms with E-state index in [1.807, 2.05) is 36.4 Å². The maximum Gasteiger partial charge on any atom is 0.161 e. The molecule has 0 saturated heterocycles. The average Bonchev–Trinajstić information content (AvgIpc) is 3.33. The number of fused-ring (bicyclic) bond motifs is 2. The van der Waals surface area contributed by atoms with Crippen molar-refractivity contribution in [2.45, 2.75) is 6.92 Å². The van der Waals surface area contributed by atoms with Gasteiger partial charge in [-0.2, -0.15) is 0 Å². The topological polar surface area (TPSA) is 35.0 Å². The summed E-state index contributed by atoms with van der Waals surface area (Å²) < 4.78 is 13.0. The molecule has 0 amide bonds. The number of aromatic nitrogens is 2. The van der Waals surface area contributed by atoms with Gasteiger partial charge in [0.1, 0.15) is 5.75 Å². The fourth-order valence-corrected chi connectivity index (χ4v) is 8.59. The van der Waals surface area contributed by atoms with Crippen molar-refractivity contribution >= 4 is 38.1 Å². The highest BCUT2D eigenvalue weighted by molar-refractivity contribution is 14.2. The molecule has 4 heteroatoms. The predicted molar refractivity (Wildman–Crippen MR) is 172 cm³/mol. The lowest BCUT2D eigenvalue weighted by Gasteiger charge is -2.12. The lowest BCUT2D eigenvalue weighted by Crippen LogP contribution is -2.04. The molecule has 1 aliphatic heterocycles. The van der Waals surface area contributed by atoms with E-state index in [4.69, 9.17) is 14.7 Å². The molecule has 39 heavy (non-hydrogen) atoms. The molecule has 0 spiro atoms. The number of nitrogens with zero attached hydrogens (tertiary/aromatic N) is 2. The number of hydrogen-bond donors (Lipinski definition) is 0. The van der Waals surface area contributed by atoms with Crippen LogP contribution < -0.4 is 4.74 Å². The van der Waals surface area contributed by atoms with E-state index >= 15 is 0 Å². The van der Waals surface area contributed by atoms with Gasteiger partial charge in [-0.1, -0.05) is 126 Å². The van der Waals surface area contributed by atoms with E-state index in [0.717, 1.165) is 59.7 Å². The number of hydrogen-bond acceptors (Lipinski definition) is 3. The van der Waals surface area contributed by atoms with Gasteiger partial charge >= 0.3 is 0 Å². The minimum atomic E-state index is -1.74. The minimum Gasteiger partial charge on any atom is -0.450 e. The van der Waals surface area contributed by atoms with Crippen molar-refractivity contribution in [3.63, 3.8) is 0 Å². The number of halogens is 1. The van der Waals surface area contributed by atoms with Gasteiger partial charge in [0, 0.05) is 20.3 Å². The zero-order chi connectivity index (χ0) is 26.3. The lowest BCUT2D eigenvalue weighted by molar-refractivity contribution is 0.567. The molecule has 0 saturated carbocycles. The first-order chi connectivity index (χ1) is 19.1. The normalized spacial score (nSPS) is 12.9. The maximum absolute atomic E-state index is 6.21. The van der Waals surface area contributed by atoms with Crippen LogP contribution in [0.5, 0.6) is 5.75 Å². The number of benzene rings is 5. The van der Waals surface area contributed by atoms with E-state index in [1.54, 1.807) is 0 Å². The van der Waals surface area contributed by atoms with Gasteiger partial charge in [0.15, 0.2) is 3.69 Å². The fraction of sp³-hybridized carbons (Fsp3) is 0.0286. The third-order valence-electron chi connectivity index (χ3n) is 6.99. The van der Waals surface area contributed by atoms with Crippen LogP contribution in [-0.2, 0) is 0 Å². The molecular weight excluding hydrogens is 591 g/mol. The molecule has 1 aliphatic rings. The standard InChI is InChI=1S/C35H25IN2O/c1-23-11-13-26(14-12-23)33-34(38-31-9-5-4-8-30(31)37-33)27-19-15-24(16-20-27)25-17-21-28(22-18-25)35-36(2)29-7-3-6-10-32(29)39-35/h3-22H,2H2,1H3. The van der Waals surface area contributed by atoms with Crippen LogP contribution in [0.1, 0.15) is 11.1 Å². The Kier molecular flexibility index (Phi) is 5.97. The smallest absolute Gasteiger partial charge is 0.161 e. The number of aryl methyl sites for hydroxylation is 1. The Morgan fingerprint density at radius 2 is 1.00 bits per heavy atom. The van der Waals surface area contributed by atoms with Gasteiger partial charge in [-0.05, 0) is 42.3 Å². The zero-order valence-electron chi connectivity index (χ0n) is 21.4. The summed E-state index contributed by atoms with van der Waals surface area (Å²) in [6.07, 6.45) is 0. The van der Waals surface area contributed by atoms with E-state index in [0.29, 0.717) is 0 Å². The van der Waals surface area contributed by atoms with Crippen LogP contribution in [0.25, 0.3) is 44.7 Å². The van der Waals surface area contributed by atoms with E-state index < -0.39 is 18.9 Å². The second-order valence-corrected chi connectivity index (χ2v) is 13.8. The van der Waals surface area contributed by atoms with Crippen LogP contribution in [-0.4, -0.2) is 18.2 Å². The third kappa shape index (κ3) is 4.41. The van der Waals surface area contributed by atoms with Crippen LogP contribution in [0.15, 0.2) is 121 Å². The Morgan fingerprint density at radius 1 is 0.538 bits per heavy atom. The van der Waals surface area contributed by atoms with Crippen LogP contribution in [0.2, 0.25) is 0 Å². The van der Waals surface area contributed by atoms with Crippen LogP contribution in [0, 0.1) is 10.5 Å². The summed E-state index contributed by atoms with van der Waals surface area (Å²) in [5, 5.41) is 0. The van der Waals surface area contributed by atoms with Gasteiger partial charge in [-0.15, -0.1) is 0 Å². The van der Waals surface area contributed by atoms with E-state index in [9.17, 15) is 0 Å². The second kappa shape index (κ2) is 9.79. The zero-order valence-corrected chi connectivity index (χ0v) is 23.6. The average molecular weight is 617 g/mol. The first kappa shape index (κ1) is 23.8. The Labute approximate surface area is 234 Å². The van der Waals surface area contributed by atoms with Gasteiger partial charge in [-0.3, -0.25) is 0 Å². The second-order valence-electron chi connectivity index (χ2n) is 9.60. The highest BCUT2D eigenvalue weighted by Crippen LogP contribution is 2.39. The van der Waals surface area contributed by atoms with Gasteiger partial charge in [-0.25, -0.2) is 9.97 Å². The van der Waals surface area contributed by atoms with Crippen molar-refractivity contribution in [2.24, 2.45) is 0 Å². The molecule has 0 N–H and O–H groups in total. The van der Waals surface area contributed by atoms with Crippen molar-refractivity contribution in [3.05, 3.63) is 136 Å². The largest absolute Gasteiger partial charge is 0.450 e. The van der Waals surface area contributed by atoms with Gasteiger partial charge in [0.2, 0.25) is 0 Å². The molecule has 0 unspecified atom stereocenters. The third-order valence-corrected chi connectivity index (χ3v) is 11.3. The molecule has 0 atom stereocenters. The van der Waals surface area contributed by atoms with Crippen LogP contribution in [0.4, 0.5) is 0 Å². The van der Waals surface area contributed by atoms with E-state index in [2.05, 4.69) is 96.4 Å². The highest BCUT2D eigenvalue weighted by Gasteiger charge is 2.18. The van der Waals surface area contributed by atoms with Crippen LogP contribution in [0.3, 0.4) is 0 Å². The summed E-state index contributed by atoms with van der Waals surface area (Å²) >= 11 is -1.74. The SMILES string of the molecule is C=I1=C(c2ccc(-c3ccc(-c4nc5ccccc5nc4-c4ccc(C)cc4)cc3)cc2)Oc2ccccc21. The summed E-state index contributed by atoms with van der Waals surface area (Å²) in [7, 11) is 0. The summed E-state index contributed by atoms with van der Waals surface area (Å²) in [4.78, 5) is 10.1. The first-order valence-corrected chi connectivity index (χ1v) is 16.5. The van der Waals surface area contributed by atoms with Crippen molar-refractivity contribution in [2.75, 3.05) is 0 Å². The summed E-state index contributed by atoms with van der Waals surface area (Å²) in [6.45, 7) is 2.10. The molecule has 0 bridgehead atoms. The summed E-state index contributed by atoms with van der Waals surface area (Å²) in [5.41, 5.74) is 10.3. The predicted octanol–water partition coefficient (Wildman–Crippen LogP) is 8.62. The Hall–Kier alpha value is -4.29.